The topological polar surface area (TPSA) is 42.1 Å². The molecule has 4 heteroatoms. The van der Waals surface area contributed by atoms with Crippen LogP contribution in [0.2, 0.25) is 0 Å². The molecule has 2 aromatic rings. The molecule has 0 bridgehead atoms. The Bertz CT molecular complexity index is 577. The highest BCUT2D eigenvalue weighted by Crippen LogP contribution is 2.24. The zero-order valence-corrected chi connectivity index (χ0v) is 9.63. The van der Waals surface area contributed by atoms with Crippen molar-refractivity contribution >= 4 is 10.8 Å². The molecule has 90 valence electrons. The molecule has 1 aromatic heterocycles. The summed E-state index contributed by atoms with van der Waals surface area (Å²) >= 11 is 0. The number of nitrogens with one attached hydrogen (secondary N) is 1. The zero-order valence-electron chi connectivity index (χ0n) is 9.63. The van der Waals surface area contributed by atoms with Crippen molar-refractivity contribution in [1.82, 2.24) is 4.98 Å². The summed E-state index contributed by atoms with van der Waals surface area (Å²) in [6.07, 6.45) is 3.35. The van der Waals surface area contributed by atoms with Gasteiger partial charge in [-0.15, -0.1) is 0 Å². The van der Waals surface area contributed by atoms with Crippen LogP contribution in [0.15, 0.2) is 29.2 Å². The first-order valence-corrected chi connectivity index (χ1v) is 5.66. The van der Waals surface area contributed by atoms with Crippen LogP contribution < -0.4 is 10.3 Å². The standard InChI is InChI=1S/C13H14FNO2/c1-2-3-8-17-11-5-4-10(14)9-6-7-15-13(16)12(9)11/h4-7H,2-3,8H2,1H3,(H,15,16). The molecule has 0 atom stereocenters. The summed E-state index contributed by atoms with van der Waals surface area (Å²) in [6.45, 7) is 2.59. The molecule has 0 amide bonds. The number of hydrogen-bond acceptors (Lipinski definition) is 2. The first-order valence-electron chi connectivity index (χ1n) is 5.66. The number of ether oxygens (including phenoxy) is 1. The second-order valence-electron chi connectivity index (χ2n) is 3.84. The Kier molecular flexibility index (Phi) is 3.42. The van der Waals surface area contributed by atoms with E-state index >= 15 is 0 Å². The number of hydrogen-bond donors (Lipinski definition) is 1. The molecule has 1 N–H and O–H groups in total. The molecule has 0 spiro atoms. The van der Waals surface area contributed by atoms with Crippen molar-refractivity contribution in [3.63, 3.8) is 0 Å². The summed E-state index contributed by atoms with van der Waals surface area (Å²) in [4.78, 5) is 14.2. The third-order valence-corrected chi connectivity index (χ3v) is 2.60. The van der Waals surface area contributed by atoms with E-state index in [0.717, 1.165) is 12.8 Å². The number of benzene rings is 1. The number of pyridine rings is 1. The molecular formula is C13H14FNO2. The Hall–Kier alpha value is -1.84. The smallest absolute Gasteiger partial charge is 0.259 e. The summed E-state index contributed by atoms with van der Waals surface area (Å²) in [5.74, 6) is 0.0330. The van der Waals surface area contributed by atoms with Crippen LogP contribution in [0.4, 0.5) is 4.39 Å². The number of H-pyrrole nitrogens is 1. The summed E-state index contributed by atoms with van der Waals surface area (Å²) in [6, 6.07) is 4.37. The Morgan fingerprint density at radius 3 is 2.94 bits per heavy atom. The quantitative estimate of drug-likeness (QED) is 0.828. The molecular weight excluding hydrogens is 221 g/mol. The fourth-order valence-electron chi connectivity index (χ4n) is 1.69. The fourth-order valence-corrected chi connectivity index (χ4v) is 1.69. The third-order valence-electron chi connectivity index (χ3n) is 2.60. The highest BCUT2D eigenvalue weighted by Gasteiger charge is 2.09. The first kappa shape index (κ1) is 11.6. The van der Waals surface area contributed by atoms with Gasteiger partial charge in [0.15, 0.2) is 0 Å². The molecule has 0 aliphatic heterocycles. The van der Waals surface area contributed by atoms with Crippen molar-refractivity contribution in [2.24, 2.45) is 0 Å². The van der Waals surface area contributed by atoms with E-state index in [-0.39, 0.29) is 10.9 Å². The second kappa shape index (κ2) is 4.99. The molecule has 0 aliphatic rings. The predicted molar refractivity (Wildman–Crippen MR) is 64.9 cm³/mol. The van der Waals surface area contributed by atoms with Crippen molar-refractivity contribution < 1.29 is 9.13 Å². The minimum absolute atomic E-state index is 0.281. The van der Waals surface area contributed by atoms with Crippen LogP contribution in [-0.2, 0) is 0 Å². The van der Waals surface area contributed by atoms with Crippen LogP contribution in [0, 0.1) is 5.82 Å². The van der Waals surface area contributed by atoms with Gasteiger partial charge in [0.05, 0.1) is 12.0 Å². The van der Waals surface area contributed by atoms with Crippen LogP contribution in [0.25, 0.3) is 10.8 Å². The van der Waals surface area contributed by atoms with Crippen LogP contribution in [0.3, 0.4) is 0 Å². The van der Waals surface area contributed by atoms with E-state index in [9.17, 15) is 9.18 Å². The van der Waals surface area contributed by atoms with Gasteiger partial charge in [-0.2, -0.15) is 0 Å². The van der Waals surface area contributed by atoms with Gasteiger partial charge in [-0.1, -0.05) is 13.3 Å². The Balaban J connectivity index is 2.49. The van der Waals surface area contributed by atoms with Crippen molar-refractivity contribution in [2.75, 3.05) is 6.61 Å². The van der Waals surface area contributed by atoms with Gasteiger partial charge in [0.2, 0.25) is 0 Å². The SMILES string of the molecule is CCCCOc1ccc(F)c2cc[nH]c(=O)c12. The fraction of sp³-hybridized carbons (Fsp3) is 0.308. The van der Waals surface area contributed by atoms with E-state index in [2.05, 4.69) is 11.9 Å². The van der Waals surface area contributed by atoms with Gasteiger partial charge in [-0.05, 0) is 24.6 Å². The maximum absolute atomic E-state index is 13.5. The molecule has 0 aliphatic carbocycles. The predicted octanol–water partition coefficient (Wildman–Crippen LogP) is 2.85. The van der Waals surface area contributed by atoms with E-state index in [1.807, 2.05) is 0 Å². The number of rotatable bonds is 4. The minimum Gasteiger partial charge on any atom is -0.493 e. The summed E-state index contributed by atoms with van der Waals surface area (Å²) in [7, 11) is 0. The number of aromatic nitrogens is 1. The molecule has 1 aromatic carbocycles. The average molecular weight is 235 g/mol. The Morgan fingerprint density at radius 1 is 1.35 bits per heavy atom. The normalized spacial score (nSPS) is 10.7. The summed E-state index contributed by atoms with van der Waals surface area (Å²) < 4.78 is 19.0. The third kappa shape index (κ3) is 2.30. The number of fused-ring (bicyclic) bond motifs is 1. The van der Waals surface area contributed by atoms with E-state index in [4.69, 9.17) is 4.74 Å². The van der Waals surface area contributed by atoms with E-state index < -0.39 is 5.82 Å². The lowest BCUT2D eigenvalue weighted by Gasteiger charge is -2.08. The van der Waals surface area contributed by atoms with Crippen LogP contribution in [0.5, 0.6) is 5.75 Å². The molecule has 17 heavy (non-hydrogen) atoms. The first-order chi connectivity index (χ1) is 8.24. The number of unbranched alkanes of at least 4 members (excludes halogenated alkanes) is 1. The molecule has 2 rings (SSSR count). The molecule has 0 saturated heterocycles. The maximum Gasteiger partial charge on any atom is 0.259 e. The second-order valence-corrected chi connectivity index (χ2v) is 3.84. The maximum atomic E-state index is 13.5. The van der Waals surface area contributed by atoms with Crippen LogP contribution in [0.1, 0.15) is 19.8 Å². The molecule has 1 heterocycles. The lowest BCUT2D eigenvalue weighted by molar-refractivity contribution is 0.312. The van der Waals surface area contributed by atoms with Gasteiger partial charge in [-0.3, -0.25) is 4.79 Å². The molecule has 3 nitrogen and oxygen atoms in total. The number of aromatic amines is 1. The number of halogens is 1. The minimum atomic E-state index is -0.408. The molecule has 0 radical (unpaired) electrons. The van der Waals surface area contributed by atoms with Crippen molar-refractivity contribution in [1.29, 1.82) is 0 Å². The lowest BCUT2D eigenvalue weighted by Crippen LogP contribution is -2.08. The zero-order chi connectivity index (χ0) is 12.3. The summed E-state index contributed by atoms with van der Waals surface area (Å²) in [5, 5.41) is 0.575. The lowest BCUT2D eigenvalue weighted by atomic mass is 10.1. The summed E-state index contributed by atoms with van der Waals surface area (Å²) in [5.41, 5.74) is -0.325. The molecule has 0 saturated carbocycles. The highest BCUT2D eigenvalue weighted by atomic mass is 19.1. The Labute approximate surface area is 98.2 Å². The van der Waals surface area contributed by atoms with Crippen molar-refractivity contribution in [3.05, 3.63) is 40.6 Å². The van der Waals surface area contributed by atoms with Gasteiger partial charge >= 0.3 is 0 Å². The van der Waals surface area contributed by atoms with Gasteiger partial charge in [0.25, 0.3) is 5.56 Å². The van der Waals surface area contributed by atoms with Gasteiger partial charge in [-0.25, -0.2) is 4.39 Å². The highest BCUT2D eigenvalue weighted by molar-refractivity contribution is 5.87. The van der Waals surface area contributed by atoms with Crippen LogP contribution >= 0.6 is 0 Å². The van der Waals surface area contributed by atoms with Gasteiger partial charge < -0.3 is 9.72 Å². The van der Waals surface area contributed by atoms with Crippen molar-refractivity contribution in [3.8, 4) is 5.75 Å². The van der Waals surface area contributed by atoms with Crippen molar-refractivity contribution in [2.45, 2.75) is 19.8 Å². The largest absolute Gasteiger partial charge is 0.493 e. The van der Waals surface area contributed by atoms with E-state index in [1.165, 1.54) is 18.3 Å². The molecule has 0 fully saturated rings. The van der Waals surface area contributed by atoms with Crippen LogP contribution in [-0.4, -0.2) is 11.6 Å². The Morgan fingerprint density at radius 2 is 2.18 bits per heavy atom. The van der Waals surface area contributed by atoms with Gasteiger partial charge in [0, 0.05) is 11.6 Å². The van der Waals surface area contributed by atoms with E-state index in [0.29, 0.717) is 17.7 Å². The molecule has 0 unspecified atom stereocenters. The average Bonchev–Trinajstić information content (AvgIpc) is 2.33. The van der Waals surface area contributed by atoms with E-state index in [1.54, 1.807) is 6.07 Å². The monoisotopic (exact) mass is 235 g/mol. The van der Waals surface area contributed by atoms with Gasteiger partial charge in [0.1, 0.15) is 11.6 Å².